The van der Waals surface area contributed by atoms with E-state index < -0.39 is 11.6 Å². The summed E-state index contributed by atoms with van der Waals surface area (Å²) in [5, 5.41) is 6.22. The van der Waals surface area contributed by atoms with Gasteiger partial charge in [0.2, 0.25) is 5.91 Å². The number of benzene rings is 1. The van der Waals surface area contributed by atoms with Crippen LogP contribution in [0.2, 0.25) is 0 Å². The number of piperazine rings is 1. The average Bonchev–Trinajstić information content (AvgIpc) is 3.46. The summed E-state index contributed by atoms with van der Waals surface area (Å²) in [4.78, 5) is 20.6. The Balaban J connectivity index is 0.00000280. The zero-order valence-electron chi connectivity index (χ0n) is 16.1. The minimum absolute atomic E-state index is 0. The second-order valence-corrected chi connectivity index (χ2v) is 7.01. The summed E-state index contributed by atoms with van der Waals surface area (Å²) in [5.41, 5.74) is 0.237. The molecule has 0 aromatic heterocycles. The first-order valence-corrected chi connectivity index (χ1v) is 9.54. The van der Waals surface area contributed by atoms with Gasteiger partial charge < -0.3 is 15.5 Å². The van der Waals surface area contributed by atoms with Gasteiger partial charge in [0.25, 0.3) is 0 Å². The van der Waals surface area contributed by atoms with Gasteiger partial charge in [-0.3, -0.25) is 9.69 Å². The Hall–Kier alpha value is -1.49. The molecule has 28 heavy (non-hydrogen) atoms. The molecular weight excluding hydrogens is 479 g/mol. The first kappa shape index (κ1) is 22.8. The molecule has 6 nitrogen and oxygen atoms in total. The number of guanidine groups is 1. The third-order valence-electron chi connectivity index (χ3n) is 4.72. The molecule has 1 aliphatic carbocycles. The smallest absolute Gasteiger partial charge is 0.234 e. The Kier molecular flexibility index (Phi) is 8.87. The first-order valence-electron chi connectivity index (χ1n) is 9.54. The van der Waals surface area contributed by atoms with Gasteiger partial charge >= 0.3 is 0 Å². The standard InChI is InChI=1S/C19H27F2N5O.HI/c1-2-22-19(23-12-14-11-15(20)3-6-17(14)21)26-9-7-25(8-10-26)13-18(27)24-16-4-5-16;/h3,6,11,16H,2,4-5,7-10,12-13H2,1H3,(H,22,23)(H,24,27);1H. The lowest BCUT2D eigenvalue weighted by atomic mass is 10.2. The summed E-state index contributed by atoms with van der Waals surface area (Å²) in [6.45, 7) is 6.14. The molecule has 1 saturated carbocycles. The van der Waals surface area contributed by atoms with Crippen LogP contribution >= 0.6 is 24.0 Å². The van der Waals surface area contributed by atoms with Crippen molar-refractivity contribution in [2.45, 2.75) is 32.4 Å². The summed E-state index contributed by atoms with van der Waals surface area (Å²) in [5.74, 6) is -0.150. The minimum atomic E-state index is -0.468. The molecule has 0 atom stereocenters. The number of carbonyl (C=O) groups excluding carboxylic acids is 1. The number of halogens is 3. The number of carbonyl (C=O) groups is 1. The molecule has 156 valence electrons. The van der Waals surface area contributed by atoms with Crippen molar-refractivity contribution in [3.8, 4) is 0 Å². The van der Waals surface area contributed by atoms with Crippen molar-refractivity contribution >= 4 is 35.8 Å². The zero-order valence-corrected chi connectivity index (χ0v) is 18.4. The molecule has 1 amide bonds. The summed E-state index contributed by atoms with van der Waals surface area (Å²) >= 11 is 0. The van der Waals surface area contributed by atoms with Crippen LogP contribution in [0, 0.1) is 11.6 Å². The van der Waals surface area contributed by atoms with E-state index in [9.17, 15) is 13.6 Å². The Bertz CT molecular complexity index is 691. The van der Waals surface area contributed by atoms with Gasteiger partial charge in [-0.15, -0.1) is 24.0 Å². The molecule has 9 heteroatoms. The molecule has 2 N–H and O–H groups in total. The van der Waals surface area contributed by atoms with Gasteiger partial charge in [0.05, 0.1) is 13.1 Å². The highest BCUT2D eigenvalue weighted by Crippen LogP contribution is 2.18. The lowest BCUT2D eigenvalue weighted by Gasteiger charge is -2.36. The molecular formula is C19H28F2IN5O. The van der Waals surface area contributed by atoms with Crippen molar-refractivity contribution < 1.29 is 13.6 Å². The maximum absolute atomic E-state index is 13.8. The summed E-state index contributed by atoms with van der Waals surface area (Å²) in [6.07, 6.45) is 2.18. The van der Waals surface area contributed by atoms with Crippen molar-refractivity contribution in [2.24, 2.45) is 4.99 Å². The largest absolute Gasteiger partial charge is 0.357 e. The van der Waals surface area contributed by atoms with Crippen LogP contribution in [0.25, 0.3) is 0 Å². The fraction of sp³-hybridized carbons (Fsp3) is 0.579. The van der Waals surface area contributed by atoms with Gasteiger partial charge in [-0.1, -0.05) is 0 Å². The Morgan fingerprint density at radius 2 is 1.93 bits per heavy atom. The highest BCUT2D eigenvalue weighted by atomic mass is 127. The van der Waals surface area contributed by atoms with E-state index in [1.807, 2.05) is 6.92 Å². The minimum Gasteiger partial charge on any atom is -0.357 e. The lowest BCUT2D eigenvalue weighted by Crippen LogP contribution is -2.54. The molecule has 1 aliphatic heterocycles. The highest BCUT2D eigenvalue weighted by Gasteiger charge is 2.25. The number of nitrogens with zero attached hydrogens (tertiary/aromatic N) is 3. The van der Waals surface area contributed by atoms with Crippen molar-refractivity contribution in [1.29, 1.82) is 0 Å². The number of nitrogens with one attached hydrogen (secondary N) is 2. The zero-order chi connectivity index (χ0) is 19.2. The van der Waals surface area contributed by atoms with E-state index >= 15 is 0 Å². The topological polar surface area (TPSA) is 60.0 Å². The van der Waals surface area contributed by atoms with E-state index in [2.05, 4.69) is 25.4 Å². The van der Waals surface area contributed by atoms with Gasteiger partial charge in [0, 0.05) is 44.3 Å². The van der Waals surface area contributed by atoms with Crippen LogP contribution in [-0.2, 0) is 11.3 Å². The third kappa shape index (κ3) is 6.84. The number of hydrogen-bond acceptors (Lipinski definition) is 3. The molecule has 0 unspecified atom stereocenters. The van der Waals surface area contributed by atoms with E-state index in [4.69, 9.17) is 0 Å². The monoisotopic (exact) mass is 507 g/mol. The second-order valence-electron chi connectivity index (χ2n) is 7.01. The van der Waals surface area contributed by atoms with Crippen LogP contribution in [0.3, 0.4) is 0 Å². The van der Waals surface area contributed by atoms with Gasteiger partial charge in [-0.2, -0.15) is 0 Å². The summed E-state index contributed by atoms with van der Waals surface area (Å²) in [7, 11) is 0. The first-order chi connectivity index (χ1) is 13.0. The molecule has 1 heterocycles. The van der Waals surface area contributed by atoms with E-state index in [1.165, 1.54) is 6.07 Å². The maximum atomic E-state index is 13.8. The number of rotatable bonds is 6. The molecule has 1 saturated heterocycles. The third-order valence-corrected chi connectivity index (χ3v) is 4.72. The second kappa shape index (κ2) is 10.9. The SMILES string of the molecule is CCNC(=NCc1cc(F)ccc1F)N1CCN(CC(=O)NC2CC2)CC1.I. The van der Waals surface area contributed by atoms with Crippen LogP contribution < -0.4 is 10.6 Å². The van der Waals surface area contributed by atoms with Crippen molar-refractivity contribution in [2.75, 3.05) is 39.3 Å². The molecule has 2 aliphatic rings. The normalized spacial score (nSPS) is 17.8. The Morgan fingerprint density at radius 3 is 2.57 bits per heavy atom. The quantitative estimate of drug-likeness (QED) is 0.351. The van der Waals surface area contributed by atoms with E-state index in [1.54, 1.807) is 0 Å². The molecule has 1 aromatic rings. The van der Waals surface area contributed by atoms with Gasteiger partial charge in [-0.05, 0) is 38.0 Å². The maximum Gasteiger partial charge on any atom is 0.234 e. The Morgan fingerprint density at radius 1 is 1.21 bits per heavy atom. The van der Waals surface area contributed by atoms with Crippen molar-refractivity contribution in [1.82, 2.24) is 20.4 Å². The van der Waals surface area contributed by atoms with Crippen LogP contribution in [0.5, 0.6) is 0 Å². The number of aliphatic imine (C=N–C) groups is 1. The van der Waals surface area contributed by atoms with Gasteiger partial charge in [0.15, 0.2) is 5.96 Å². The van der Waals surface area contributed by atoms with E-state index in [0.717, 1.165) is 51.2 Å². The van der Waals surface area contributed by atoms with Crippen LogP contribution in [-0.4, -0.2) is 67.0 Å². The number of hydrogen-bond donors (Lipinski definition) is 2. The van der Waals surface area contributed by atoms with E-state index in [-0.39, 0.29) is 42.0 Å². The van der Waals surface area contributed by atoms with Crippen LogP contribution in [0.1, 0.15) is 25.3 Å². The van der Waals surface area contributed by atoms with Gasteiger partial charge in [0.1, 0.15) is 11.6 Å². The van der Waals surface area contributed by atoms with Crippen LogP contribution in [0.15, 0.2) is 23.2 Å². The predicted molar refractivity (Wildman–Crippen MR) is 116 cm³/mol. The molecule has 3 rings (SSSR count). The lowest BCUT2D eigenvalue weighted by molar-refractivity contribution is -0.122. The molecule has 0 spiro atoms. The molecule has 2 fully saturated rings. The molecule has 0 radical (unpaired) electrons. The molecule has 1 aromatic carbocycles. The fourth-order valence-electron chi connectivity index (χ4n) is 3.07. The highest BCUT2D eigenvalue weighted by molar-refractivity contribution is 14.0. The summed E-state index contributed by atoms with van der Waals surface area (Å²) in [6, 6.07) is 3.79. The van der Waals surface area contributed by atoms with Gasteiger partial charge in [-0.25, -0.2) is 13.8 Å². The predicted octanol–water partition coefficient (Wildman–Crippen LogP) is 1.94. The fourth-order valence-corrected chi connectivity index (χ4v) is 3.07. The van der Waals surface area contributed by atoms with E-state index in [0.29, 0.717) is 25.1 Å². The van der Waals surface area contributed by atoms with Crippen molar-refractivity contribution in [3.05, 3.63) is 35.4 Å². The number of amides is 1. The van der Waals surface area contributed by atoms with Crippen molar-refractivity contribution in [3.63, 3.8) is 0 Å². The van der Waals surface area contributed by atoms with Crippen LogP contribution in [0.4, 0.5) is 8.78 Å². The Labute approximate surface area is 181 Å². The molecule has 0 bridgehead atoms. The average molecular weight is 507 g/mol. The summed E-state index contributed by atoms with van der Waals surface area (Å²) < 4.78 is 27.1.